The molecule has 14 rings (SSSR count). The van der Waals surface area contributed by atoms with Gasteiger partial charge in [0.05, 0.1) is 17.1 Å². The van der Waals surface area contributed by atoms with Crippen LogP contribution in [0.5, 0.6) is 0 Å². The number of hydrogen-bond acceptors (Lipinski definition) is 4. The molecule has 0 atom stereocenters. The molecule has 0 aliphatic carbocycles. The summed E-state index contributed by atoms with van der Waals surface area (Å²) < 4.78 is 2.62. The van der Waals surface area contributed by atoms with Crippen LogP contribution in [0.25, 0.3) is 54.6 Å². The van der Waals surface area contributed by atoms with Gasteiger partial charge in [-0.2, -0.15) is 0 Å². The van der Waals surface area contributed by atoms with Gasteiger partial charge in [0.25, 0.3) is 6.71 Å². The molecule has 0 amide bonds. The van der Waals surface area contributed by atoms with E-state index in [-0.39, 0.29) is 23.0 Å². The van der Waals surface area contributed by atoms with Crippen LogP contribution in [-0.2, 0) is 16.2 Å². The van der Waals surface area contributed by atoms with Crippen LogP contribution in [0.2, 0.25) is 0 Å². The Morgan fingerprint density at radius 3 is 1.41 bits per heavy atom. The van der Waals surface area contributed by atoms with Gasteiger partial charge in [-0.1, -0.05) is 250 Å². The Labute approximate surface area is 507 Å². The topological polar surface area (TPSA) is 9.72 Å². The zero-order valence-corrected chi connectivity index (χ0v) is 51.0. The first kappa shape index (κ1) is 53.8. The Hall–Kier alpha value is -9.16. The van der Waals surface area contributed by atoms with Crippen molar-refractivity contribution >= 4 is 95.0 Å². The molecule has 11 aromatic carbocycles. The Kier molecular flexibility index (Phi) is 13.2. The predicted molar refractivity (Wildman–Crippen MR) is 368 cm³/mol. The monoisotopic (exact) mass is 1120 g/mol. The lowest BCUT2D eigenvalue weighted by Gasteiger charge is -2.44. The van der Waals surface area contributed by atoms with E-state index in [9.17, 15) is 0 Å². The van der Waals surface area contributed by atoms with E-state index in [1.807, 2.05) is 11.3 Å². The van der Waals surface area contributed by atoms with E-state index >= 15 is 0 Å². The highest BCUT2D eigenvalue weighted by atomic mass is 32.1. The normalized spacial score (nSPS) is 12.9. The lowest BCUT2D eigenvalue weighted by molar-refractivity contribution is 0.590. The van der Waals surface area contributed by atoms with Crippen molar-refractivity contribution in [2.75, 3.05) is 14.7 Å². The maximum atomic E-state index is 2.62. The Morgan fingerprint density at radius 2 is 0.847 bits per heavy atom. The van der Waals surface area contributed by atoms with Crippen molar-refractivity contribution in [2.45, 2.75) is 78.6 Å². The minimum absolute atomic E-state index is 0.00250. The Balaban J connectivity index is 1.09. The smallest absolute Gasteiger partial charge is 0.264 e. The largest absolute Gasteiger partial charge is 0.311 e. The molecule has 2 aliphatic heterocycles. The molecule has 3 nitrogen and oxygen atoms in total. The molecule has 1 aromatic heterocycles. The van der Waals surface area contributed by atoms with E-state index < -0.39 is 0 Å². The van der Waals surface area contributed by atoms with Crippen LogP contribution in [0.3, 0.4) is 0 Å². The zero-order chi connectivity index (χ0) is 58.4. The first-order valence-corrected chi connectivity index (χ1v) is 30.8. The molecule has 2 aliphatic rings. The summed E-state index contributed by atoms with van der Waals surface area (Å²) in [7, 11) is 0. The van der Waals surface area contributed by atoms with E-state index in [1.54, 1.807) is 0 Å². The zero-order valence-electron chi connectivity index (χ0n) is 50.2. The molecule has 85 heavy (non-hydrogen) atoms. The number of thiophene rings is 1. The molecular formula is C80H70BN3S. The van der Waals surface area contributed by atoms with Gasteiger partial charge in [0.2, 0.25) is 0 Å². The van der Waals surface area contributed by atoms with Crippen LogP contribution < -0.4 is 30.4 Å². The second-order valence-corrected chi connectivity index (χ2v) is 27.2. The van der Waals surface area contributed by atoms with Crippen molar-refractivity contribution in [3.63, 3.8) is 0 Å². The van der Waals surface area contributed by atoms with Crippen LogP contribution in [0.15, 0.2) is 261 Å². The molecule has 5 heteroatoms. The summed E-state index contributed by atoms with van der Waals surface area (Å²) >= 11 is 1.95. The molecule has 0 saturated carbocycles. The van der Waals surface area contributed by atoms with Gasteiger partial charge in [-0.15, -0.1) is 11.3 Å². The second kappa shape index (κ2) is 20.9. The summed E-state index contributed by atoms with van der Waals surface area (Å²) in [6, 6.07) is 98.2. The van der Waals surface area contributed by atoms with Crippen LogP contribution in [0.1, 0.15) is 79.0 Å². The summed E-state index contributed by atoms with van der Waals surface area (Å²) in [6.07, 6.45) is 0. The third-order valence-electron chi connectivity index (χ3n) is 17.5. The summed E-state index contributed by atoms with van der Waals surface area (Å²) in [5.41, 5.74) is 26.1. The van der Waals surface area contributed by atoms with Crippen molar-refractivity contribution < 1.29 is 0 Å². The van der Waals surface area contributed by atoms with Crippen molar-refractivity contribution in [3.8, 4) is 44.5 Å². The number of hydrogen-bond donors (Lipinski definition) is 0. The fourth-order valence-corrected chi connectivity index (χ4v) is 14.3. The fourth-order valence-electron chi connectivity index (χ4n) is 13.0. The van der Waals surface area contributed by atoms with Gasteiger partial charge >= 0.3 is 0 Å². The van der Waals surface area contributed by atoms with Gasteiger partial charge in [0.15, 0.2) is 0 Å². The minimum Gasteiger partial charge on any atom is -0.311 e. The van der Waals surface area contributed by atoms with E-state index in [0.29, 0.717) is 0 Å². The average Bonchev–Trinajstić information content (AvgIpc) is 1.83. The minimum atomic E-state index is -0.0887. The van der Waals surface area contributed by atoms with Crippen molar-refractivity contribution in [1.82, 2.24) is 0 Å². The standard InChI is InChI=1S/C80H70BN3S/c1-78(2,3)58-37-42-61(43-38-58)82(75-64(54-26-16-11-17-27-54)32-22-33-65(75)55-28-18-12-19-29-55)63-46-47-68-72(52-63)84(69-48-41-60(80(7,8)9)51-66(69)56-30-20-13-21-31-56)71-35-23-34-70-74(71)81(68)77-76(83(70)62-44-39-59(40-45-62)79(4,5)6)67-50-57(36-49-73(67)85-77)53-24-14-10-15-25-53/h10-52H,1-9H3. The van der Waals surface area contributed by atoms with Crippen molar-refractivity contribution in [1.29, 1.82) is 0 Å². The van der Waals surface area contributed by atoms with Gasteiger partial charge in [-0.3, -0.25) is 0 Å². The lowest BCUT2D eigenvalue weighted by atomic mass is 9.36. The van der Waals surface area contributed by atoms with Crippen molar-refractivity contribution in [2.24, 2.45) is 0 Å². The summed E-state index contributed by atoms with van der Waals surface area (Å²) in [5.74, 6) is 0. The Bertz CT molecular complexity index is 4400. The van der Waals surface area contributed by atoms with Crippen molar-refractivity contribution in [3.05, 3.63) is 278 Å². The third kappa shape index (κ3) is 9.56. The molecule has 0 unspecified atom stereocenters. The average molecular weight is 1120 g/mol. The van der Waals surface area contributed by atoms with Gasteiger partial charge in [-0.05, 0) is 144 Å². The number of para-hydroxylation sites is 1. The lowest BCUT2D eigenvalue weighted by Crippen LogP contribution is -2.60. The Morgan fingerprint density at radius 1 is 0.353 bits per heavy atom. The van der Waals surface area contributed by atoms with E-state index in [1.165, 1.54) is 81.8 Å². The molecule has 0 N–H and O–H groups in total. The van der Waals surface area contributed by atoms with Gasteiger partial charge < -0.3 is 14.7 Å². The van der Waals surface area contributed by atoms with Gasteiger partial charge in [-0.25, -0.2) is 0 Å². The molecule has 0 spiro atoms. The first-order chi connectivity index (χ1) is 41.1. The third-order valence-corrected chi connectivity index (χ3v) is 18.8. The fraction of sp³-hybridized carbons (Fsp3) is 0.150. The van der Waals surface area contributed by atoms with Gasteiger partial charge in [0, 0.05) is 65.7 Å². The molecule has 0 radical (unpaired) electrons. The highest BCUT2D eigenvalue weighted by Crippen LogP contribution is 2.53. The molecular weight excluding hydrogens is 1050 g/mol. The van der Waals surface area contributed by atoms with E-state index in [2.05, 4.69) is 338 Å². The number of anilines is 9. The van der Waals surface area contributed by atoms with Crippen LogP contribution in [-0.4, -0.2) is 6.71 Å². The highest BCUT2D eigenvalue weighted by Gasteiger charge is 2.46. The summed E-state index contributed by atoms with van der Waals surface area (Å²) in [4.78, 5) is 7.76. The van der Waals surface area contributed by atoms with E-state index in [0.717, 1.165) is 56.4 Å². The molecule has 3 heterocycles. The number of fused-ring (bicyclic) bond motifs is 6. The molecule has 0 bridgehead atoms. The summed E-state index contributed by atoms with van der Waals surface area (Å²) in [6.45, 7) is 20.7. The molecule has 12 aromatic rings. The number of benzene rings is 11. The molecule has 0 fully saturated rings. The number of nitrogens with zero attached hydrogens (tertiary/aromatic N) is 3. The number of rotatable bonds is 9. The quantitative estimate of drug-likeness (QED) is 0.133. The van der Waals surface area contributed by atoms with E-state index in [4.69, 9.17) is 0 Å². The second-order valence-electron chi connectivity index (χ2n) is 26.2. The molecule has 0 saturated heterocycles. The predicted octanol–water partition coefficient (Wildman–Crippen LogP) is 21.0. The summed E-state index contributed by atoms with van der Waals surface area (Å²) in [5, 5.41) is 1.26. The maximum Gasteiger partial charge on any atom is 0.264 e. The van der Waals surface area contributed by atoms with Crippen LogP contribution >= 0.6 is 11.3 Å². The molecule has 414 valence electrons. The van der Waals surface area contributed by atoms with Crippen LogP contribution in [0.4, 0.5) is 51.2 Å². The maximum absolute atomic E-state index is 2.62. The van der Waals surface area contributed by atoms with Gasteiger partial charge in [0.1, 0.15) is 0 Å². The van der Waals surface area contributed by atoms with Crippen LogP contribution in [0, 0.1) is 0 Å². The first-order valence-electron chi connectivity index (χ1n) is 30.0. The highest BCUT2D eigenvalue weighted by molar-refractivity contribution is 7.33. The SMILES string of the molecule is CC(C)(C)c1ccc(N(c2ccc3c(c2)N(c2ccc(C(C)(C)C)cc2-c2ccccc2)c2cccc4c2B3c2sc3ccc(-c5ccccc5)cc3c2N4c2ccc(C(C)(C)C)cc2)c2c(-c3ccccc3)cccc2-c2ccccc2)cc1.